The summed E-state index contributed by atoms with van der Waals surface area (Å²) in [6.45, 7) is 1.48. The van der Waals surface area contributed by atoms with Gasteiger partial charge in [-0.05, 0) is 18.1 Å². The van der Waals surface area contributed by atoms with Crippen molar-refractivity contribution in [3.63, 3.8) is 0 Å². The van der Waals surface area contributed by atoms with E-state index >= 15 is 0 Å². The Morgan fingerprint density at radius 1 is 1.50 bits per heavy atom. The lowest BCUT2D eigenvalue weighted by Crippen LogP contribution is -2.36. The molecule has 1 aromatic carbocycles. The van der Waals surface area contributed by atoms with Gasteiger partial charge in [-0.1, -0.05) is 18.2 Å². The molecular weight excluding hydrogens is 202 g/mol. The zero-order valence-electron chi connectivity index (χ0n) is 9.44. The van der Waals surface area contributed by atoms with E-state index in [0.29, 0.717) is 6.54 Å². The number of benzene rings is 1. The molecule has 4 nitrogen and oxygen atoms in total. The number of likely N-dealkylation sites (tertiary alicyclic amines) is 1. The second-order valence-electron chi connectivity index (χ2n) is 4.18. The summed E-state index contributed by atoms with van der Waals surface area (Å²) in [7, 11) is 1.83. The van der Waals surface area contributed by atoms with Gasteiger partial charge < -0.3 is 16.0 Å². The first-order valence-electron chi connectivity index (χ1n) is 5.50. The molecule has 1 fully saturated rings. The van der Waals surface area contributed by atoms with Gasteiger partial charge in [0, 0.05) is 25.8 Å². The minimum absolute atomic E-state index is 0.0513. The van der Waals surface area contributed by atoms with E-state index in [1.165, 1.54) is 0 Å². The van der Waals surface area contributed by atoms with Crippen LogP contribution in [0.1, 0.15) is 12.0 Å². The molecule has 3 N–H and O–H groups in total. The molecule has 4 heteroatoms. The van der Waals surface area contributed by atoms with Crippen molar-refractivity contribution >= 4 is 11.6 Å². The van der Waals surface area contributed by atoms with E-state index in [0.717, 1.165) is 24.2 Å². The van der Waals surface area contributed by atoms with E-state index in [-0.39, 0.29) is 11.9 Å². The molecule has 0 aliphatic carbocycles. The third kappa shape index (κ3) is 2.17. The fourth-order valence-corrected chi connectivity index (χ4v) is 1.94. The van der Waals surface area contributed by atoms with Crippen molar-refractivity contribution < 1.29 is 4.79 Å². The van der Waals surface area contributed by atoms with E-state index in [1.54, 1.807) is 4.90 Å². The molecule has 0 spiro atoms. The number of carbonyl (C=O) groups is 1. The molecule has 0 aromatic heterocycles. The van der Waals surface area contributed by atoms with Gasteiger partial charge in [0.25, 0.3) is 0 Å². The van der Waals surface area contributed by atoms with Gasteiger partial charge in [0.15, 0.2) is 0 Å². The summed E-state index contributed by atoms with van der Waals surface area (Å²) in [4.78, 5) is 13.4. The number of carbonyl (C=O) groups excluding carboxylic acids is 1. The third-order valence-electron chi connectivity index (χ3n) is 3.02. The number of hydrogen-bond donors (Lipinski definition) is 2. The minimum atomic E-state index is -0.0513. The van der Waals surface area contributed by atoms with Crippen LogP contribution in [0.2, 0.25) is 0 Å². The second kappa shape index (κ2) is 4.53. The lowest BCUT2D eigenvalue weighted by molar-refractivity contribution is -0.128. The van der Waals surface area contributed by atoms with E-state index < -0.39 is 0 Å². The maximum atomic E-state index is 11.6. The lowest BCUT2D eigenvalue weighted by Gasteiger charge is -2.13. The van der Waals surface area contributed by atoms with Crippen LogP contribution in [-0.2, 0) is 11.3 Å². The van der Waals surface area contributed by atoms with Crippen LogP contribution in [0.3, 0.4) is 0 Å². The molecule has 0 radical (unpaired) electrons. The lowest BCUT2D eigenvalue weighted by atomic mass is 10.1. The molecular formula is C12H17N3O. The largest absolute Gasteiger partial charge is 0.398 e. The van der Waals surface area contributed by atoms with Crippen molar-refractivity contribution in [3.05, 3.63) is 29.8 Å². The number of likely N-dealkylation sites (N-methyl/N-ethyl adjacent to an activating group) is 1. The summed E-state index contributed by atoms with van der Waals surface area (Å²) in [5.74, 6) is 0.175. The number of nitrogens with one attached hydrogen (secondary N) is 1. The van der Waals surface area contributed by atoms with Gasteiger partial charge in [-0.2, -0.15) is 0 Å². The van der Waals surface area contributed by atoms with E-state index in [4.69, 9.17) is 5.73 Å². The Kier molecular flexibility index (Phi) is 3.10. The minimum Gasteiger partial charge on any atom is -0.398 e. The quantitative estimate of drug-likeness (QED) is 0.731. The van der Waals surface area contributed by atoms with Crippen LogP contribution in [0, 0.1) is 0 Å². The summed E-state index contributed by atoms with van der Waals surface area (Å²) < 4.78 is 0. The average molecular weight is 219 g/mol. The Labute approximate surface area is 95.4 Å². The highest BCUT2D eigenvalue weighted by atomic mass is 16.2. The van der Waals surface area contributed by atoms with Gasteiger partial charge in [-0.15, -0.1) is 0 Å². The Morgan fingerprint density at radius 3 is 2.88 bits per heavy atom. The molecule has 16 heavy (non-hydrogen) atoms. The van der Waals surface area contributed by atoms with Crippen molar-refractivity contribution in [2.75, 3.05) is 19.3 Å². The predicted molar refractivity (Wildman–Crippen MR) is 63.7 cm³/mol. The van der Waals surface area contributed by atoms with Crippen LogP contribution in [0.5, 0.6) is 0 Å². The van der Waals surface area contributed by atoms with Crippen molar-refractivity contribution in [2.24, 2.45) is 0 Å². The first kappa shape index (κ1) is 11.0. The molecule has 1 aliphatic rings. The number of nitrogens with zero attached hydrogens (tertiary/aromatic N) is 1. The predicted octanol–water partition coefficient (Wildman–Crippen LogP) is 0.589. The van der Waals surface area contributed by atoms with Gasteiger partial charge in [-0.3, -0.25) is 4.79 Å². The number of nitrogen functional groups attached to an aromatic ring is 1. The number of anilines is 1. The molecule has 1 atom stereocenters. The Bertz CT molecular complexity index is 392. The monoisotopic (exact) mass is 219 g/mol. The van der Waals surface area contributed by atoms with E-state index in [2.05, 4.69) is 5.32 Å². The second-order valence-corrected chi connectivity index (χ2v) is 4.18. The molecule has 1 aliphatic heterocycles. The van der Waals surface area contributed by atoms with Crippen LogP contribution in [0.25, 0.3) is 0 Å². The van der Waals surface area contributed by atoms with Crippen molar-refractivity contribution in [1.82, 2.24) is 10.2 Å². The van der Waals surface area contributed by atoms with Gasteiger partial charge in [0.1, 0.15) is 0 Å². The molecule has 1 amide bonds. The molecule has 1 heterocycles. The summed E-state index contributed by atoms with van der Waals surface area (Å²) in [6, 6.07) is 7.67. The van der Waals surface area contributed by atoms with Crippen LogP contribution < -0.4 is 11.1 Å². The Hall–Kier alpha value is -1.55. The normalized spacial score (nSPS) is 20.4. The third-order valence-corrected chi connectivity index (χ3v) is 3.02. The van der Waals surface area contributed by atoms with Gasteiger partial charge in [0.05, 0.1) is 6.04 Å². The van der Waals surface area contributed by atoms with E-state index in [1.807, 2.05) is 31.3 Å². The molecule has 0 saturated carbocycles. The van der Waals surface area contributed by atoms with Crippen LogP contribution in [0.4, 0.5) is 5.69 Å². The van der Waals surface area contributed by atoms with Crippen LogP contribution in [0.15, 0.2) is 24.3 Å². The number of hydrogen-bond acceptors (Lipinski definition) is 3. The maximum Gasteiger partial charge on any atom is 0.239 e. The molecule has 1 unspecified atom stereocenters. The highest BCUT2D eigenvalue weighted by Gasteiger charge is 2.28. The topological polar surface area (TPSA) is 58.4 Å². The summed E-state index contributed by atoms with van der Waals surface area (Å²) in [5, 5.41) is 3.25. The summed E-state index contributed by atoms with van der Waals surface area (Å²) >= 11 is 0. The van der Waals surface area contributed by atoms with Gasteiger partial charge in [0.2, 0.25) is 5.91 Å². The van der Waals surface area contributed by atoms with E-state index in [9.17, 15) is 4.79 Å². The Balaban J connectivity index is 1.93. The number of amides is 1. The molecule has 2 rings (SSSR count). The summed E-state index contributed by atoms with van der Waals surface area (Å²) in [5.41, 5.74) is 7.65. The SMILES string of the molecule is CN1CCC(NCc2ccccc2N)C1=O. The fourth-order valence-electron chi connectivity index (χ4n) is 1.94. The van der Waals surface area contributed by atoms with Crippen molar-refractivity contribution in [1.29, 1.82) is 0 Å². The first-order valence-corrected chi connectivity index (χ1v) is 5.50. The standard InChI is InChI=1S/C12H17N3O/c1-15-7-6-11(12(15)16)14-8-9-4-2-3-5-10(9)13/h2-5,11,14H,6-8,13H2,1H3. The van der Waals surface area contributed by atoms with Crippen LogP contribution in [-0.4, -0.2) is 30.4 Å². The molecule has 1 aromatic rings. The summed E-state index contributed by atoms with van der Waals surface area (Å²) in [6.07, 6.45) is 0.877. The van der Waals surface area contributed by atoms with Crippen molar-refractivity contribution in [2.45, 2.75) is 19.0 Å². The Morgan fingerprint density at radius 2 is 2.25 bits per heavy atom. The van der Waals surface area contributed by atoms with Crippen LogP contribution >= 0.6 is 0 Å². The fraction of sp³-hybridized carbons (Fsp3) is 0.417. The number of para-hydroxylation sites is 1. The average Bonchev–Trinajstić information content (AvgIpc) is 2.59. The molecule has 1 saturated heterocycles. The first-order chi connectivity index (χ1) is 7.68. The maximum absolute atomic E-state index is 11.6. The smallest absolute Gasteiger partial charge is 0.239 e. The van der Waals surface area contributed by atoms with Gasteiger partial charge >= 0.3 is 0 Å². The van der Waals surface area contributed by atoms with Gasteiger partial charge in [-0.25, -0.2) is 0 Å². The highest BCUT2D eigenvalue weighted by molar-refractivity contribution is 5.83. The van der Waals surface area contributed by atoms with Crippen molar-refractivity contribution in [3.8, 4) is 0 Å². The number of rotatable bonds is 3. The molecule has 86 valence electrons. The highest BCUT2D eigenvalue weighted by Crippen LogP contribution is 2.13. The zero-order valence-corrected chi connectivity index (χ0v) is 9.44. The zero-order chi connectivity index (χ0) is 11.5. The molecule has 0 bridgehead atoms. The number of nitrogens with two attached hydrogens (primary N) is 1.